The smallest absolute Gasteiger partial charge is 0.337 e. The summed E-state index contributed by atoms with van der Waals surface area (Å²) in [6, 6.07) is 13.1. The number of carbonyl (C=O) groups is 2. The number of nitrogens with zero attached hydrogens (tertiary/aromatic N) is 1. The number of anilines is 1. The summed E-state index contributed by atoms with van der Waals surface area (Å²) in [6.45, 7) is 1.88. The normalized spacial score (nSPS) is 10.7. The summed E-state index contributed by atoms with van der Waals surface area (Å²) >= 11 is 3.21. The van der Waals surface area contributed by atoms with Gasteiger partial charge in [0.1, 0.15) is 0 Å². The summed E-state index contributed by atoms with van der Waals surface area (Å²) in [5, 5.41) is 2.87. The fraction of sp³-hybridized carbons (Fsp3) is 0.211. The van der Waals surface area contributed by atoms with Crippen molar-refractivity contribution in [3.8, 4) is 0 Å². The minimum Gasteiger partial charge on any atom is -0.465 e. The molecule has 0 fully saturated rings. The van der Waals surface area contributed by atoms with Crippen LogP contribution in [0.3, 0.4) is 0 Å². The fourth-order valence-corrected chi connectivity index (χ4v) is 4.44. The predicted octanol–water partition coefficient (Wildman–Crippen LogP) is 4.51. The van der Waals surface area contributed by atoms with E-state index in [-0.39, 0.29) is 5.91 Å². The van der Waals surface area contributed by atoms with E-state index in [2.05, 4.69) is 10.3 Å². The summed E-state index contributed by atoms with van der Waals surface area (Å²) in [6.07, 6.45) is 0.364. The van der Waals surface area contributed by atoms with Gasteiger partial charge in [0, 0.05) is 17.9 Å². The lowest BCUT2D eigenvalue weighted by Crippen LogP contribution is -2.14. The van der Waals surface area contributed by atoms with Crippen LogP contribution >= 0.6 is 23.1 Å². The second kappa shape index (κ2) is 8.33. The fourth-order valence-electron chi connectivity index (χ4n) is 2.36. The van der Waals surface area contributed by atoms with Gasteiger partial charge in [-0.1, -0.05) is 30.0 Å². The number of ether oxygens (including phenoxy) is 1. The summed E-state index contributed by atoms with van der Waals surface area (Å²) < 4.78 is 6.82. The number of amides is 1. The van der Waals surface area contributed by atoms with Crippen LogP contribution in [0, 0.1) is 6.92 Å². The van der Waals surface area contributed by atoms with Crippen molar-refractivity contribution in [3.63, 3.8) is 0 Å². The molecule has 1 heterocycles. The number of rotatable bonds is 6. The van der Waals surface area contributed by atoms with Crippen molar-refractivity contribution in [2.24, 2.45) is 0 Å². The number of fused-ring (bicyclic) bond motifs is 1. The van der Waals surface area contributed by atoms with Crippen LogP contribution in [0.2, 0.25) is 0 Å². The van der Waals surface area contributed by atoms with Crippen LogP contribution in [0.15, 0.2) is 46.8 Å². The Hall–Kier alpha value is -2.38. The molecule has 134 valence electrons. The first-order valence-electron chi connectivity index (χ1n) is 8.04. The molecule has 1 N–H and O–H groups in total. The molecule has 0 bridgehead atoms. The molecular formula is C19H18N2O3S2. The second-order valence-electron chi connectivity index (χ2n) is 5.62. The van der Waals surface area contributed by atoms with Gasteiger partial charge < -0.3 is 10.1 Å². The van der Waals surface area contributed by atoms with Gasteiger partial charge in [-0.15, -0.1) is 11.3 Å². The van der Waals surface area contributed by atoms with Crippen molar-refractivity contribution in [3.05, 3.63) is 53.6 Å². The molecule has 26 heavy (non-hydrogen) atoms. The van der Waals surface area contributed by atoms with Crippen molar-refractivity contribution in [1.82, 2.24) is 4.98 Å². The summed E-state index contributed by atoms with van der Waals surface area (Å²) in [5.41, 5.74) is 2.92. The van der Waals surface area contributed by atoms with E-state index in [4.69, 9.17) is 4.74 Å². The molecule has 5 nitrogen and oxygen atoms in total. The third-order valence-corrected chi connectivity index (χ3v) is 5.94. The van der Waals surface area contributed by atoms with Crippen molar-refractivity contribution in [2.75, 3.05) is 18.2 Å². The zero-order chi connectivity index (χ0) is 18.5. The maximum atomic E-state index is 12.2. The molecule has 0 radical (unpaired) electrons. The highest BCUT2D eigenvalue weighted by Crippen LogP contribution is 2.29. The van der Waals surface area contributed by atoms with Crippen LogP contribution < -0.4 is 5.32 Å². The second-order valence-corrected chi connectivity index (χ2v) is 7.99. The van der Waals surface area contributed by atoms with Crippen LogP contribution in [0.4, 0.5) is 5.69 Å². The zero-order valence-electron chi connectivity index (χ0n) is 14.4. The molecule has 2 aromatic carbocycles. The molecule has 0 saturated carbocycles. The standard InChI is InChI=1S/C19H18N2O3S2/c1-12-7-8-13(18(23)24-2)11-15(12)20-17(22)9-10-25-19-21-14-5-3-4-6-16(14)26-19/h3-8,11H,9-10H2,1-2H3,(H,20,22). The van der Waals surface area contributed by atoms with Crippen molar-refractivity contribution in [1.29, 1.82) is 0 Å². The Balaban J connectivity index is 1.56. The van der Waals surface area contributed by atoms with Crippen LogP contribution in [0.5, 0.6) is 0 Å². The maximum Gasteiger partial charge on any atom is 0.337 e. The molecule has 0 aliphatic rings. The predicted molar refractivity (Wildman–Crippen MR) is 106 cm³/mol. The Bertz CT molecular complexity index is 920. The van der Waals surface area contributed by atoms with Crippen LogP contribution in [-0.4, -0.2) is 29.7 Å². The van der Waals surface area contributed by atoms with Crippen LogP contribution in [0.1, 0.15) is 22.3 Å². The number of aromatic nitrogens is 1. The van der Waals surface area contributed by atoms with E-state index in [9.17, 15) is 9.59 Å². The Labute approximate surface area is 159 Å². The minimum absolute atomic E-state index is 0.0938. The Morgan fingerprint density at radius 2 is 2.04 bits per heavy atom. The number of thiazole rings is 1. The molecule has 1 aromatic heterocycles. The van der Waals surface area contributed by atoms with Gasteiger partial charge in [-0.2, -0.15) is 0 Å². The third-order valence-electron chi connectivity index (χ3n) is 3.76. The van der Waals surface area contributed by atoms with Gasteiger partial charge in [0.25, 0.3) is 0 Å². The van der Waals surface area contributed by atoms with Crippen LogP contribution in [-0.2, 0) is 9.53 Å². The number of esters is 1. The summed E-state index contributed by atoms with van der Waals surface area (Å²) in [5.74, 6) is 0.122. The first kappa shape index (κ1) is 18.4. The maximum absolute atomic E-state index is 12.2. The van der Waals surface area contributed by atoms with Crippen molar-refractivity contribution in [2.45, 2.75) is 17.7 Å². The number of hydrogen-bond acceptors (Lipinski definition) is 6. The zero-order valence-corrected chi connectivity index (χ0v) is 16.1. The molecule has 1 amide bonds. The van der Waals surface area contributed by atoms with E-state index in [1.54, 1.807) is 41.3 Å². The van der Waals surface area contributed by atoms with Crippen LogP contribution in [0.25, 0.3) is 10.2 Å². The lowest BCUT2D eigenvalue weighted by atomic mass is 10.1. The van der Waals surface area contributed by atoms with Gasteiger partial charge in [0.05, 0.1) is 22.9 Å². The number of aryl methyl sites for hydroxylation is 1. The van der Waals surface area contributed by atoms with Crippen molar-refractivity contribution < 1.29 is 14.3 Å². The minimum atomic E-state index is -0.424. The van der Waals surface area contributed by atoms with Crippen molar-refractivity contribution >= 4 is 50.9 Å². The van der Waals surface area contributed by atoms with E-state index in [1.165, 1.54) is 7.11 Å². The van der Waals surface area contributed by atoms with E-state index < -0.39 is 5.97 Å². The highest BCUT2D eigenvalue weighted by Gasteiger charge is 2.11. The first-order valence-corrected chi connectivity index (χ1v) is 9.84. The topological polar surface area (TPSA) is 68.3 Å². The number of methoxy groups -OCH3 is 1. The quantitative estimate of drug-likeness (QED) is 0.499. The Morgan fingerprint density at radius 1 is 1.23 bits per heavy atom. The van der Waals surface area contributed by atoms with Gasteiger partial charge in [-0.05, 0) is 36.8 Å². The van der Waals surface area contributed by atoms with Gasteiger partial charge in [0.15, 0.2) is 4.34 Å². The average Bonchev–Trinajstić information content (AvgIpc) is 3.05. The highest BCUT2D eigenvalue weighted by atomic mass is 32.2. The van der Waals surface area contributed by atoms with E-state index in [0.717, 1.165) is 20.1 Å². The SMILES string of the molecule is COC(=O)c1ccc(C)c(NC(=O)CCSc2nc3ccccc3s2)c1. The lowest BCUT2D eigenvalue weighted by Gasteiger charge is -2.09. The Morgan fingerprint density at radius 3 is 2.81 bits per heavy atom. The lowest BCUT2D eigenvalue weighted by molar-refractivity contribution is -0.115. The summed E-state index contributed by atoms with van der Waals surface area (Å²) in [4.78, 5) is 28.4. The monoisotopic (exact) mass is 386 g/mol. The first-order chi connectivity index (χ1) is 12.6. The van der Waals surface area contributed by atoms with E-state index >= 15 is 0 Å². The van der Waals surface area contributed by atoms with Gasteiger partial charge >= 0.3 is 5.97 Å². The molecule has 0 aliphatic carbocycles. The molecule has 0 unspecified atom stereocenters. The van der Waals surface area contributed by atoms with E-state index in [0.29, 0.717) is 23.4 Å². The molecule has 0 spiro atoms. The van der Waals surface area contributed by atoms with Gasteiger partial charge in [-0.25, -0.2) is 9.78 Å². The highest BCUT2D eigenvalue weighted by molar-refractivity contribution is 8.01. The number of benzene rings is 2. The molecular weight excluding hydrogens is 368 g/mol. The van der Waals surface area contributed by atoms with Gasteiger partial charge in [0.2, 0.25) is 5.91 Å². The van der Waals surface area contributed by atoms with E-state index in [1.807, 2.05) is 31.2 Å². The number of carbonyl (C=O) groups excluding carboxylic acids is 2. The number of nitrogens with one attached hydrogen (secondary N) is 1. The molecule has 7 heteroatoms. The molecule has 0 aliphatic heterocycles. The average molecular weight is 386 g/mol. The number of hydrogen-bond donors (Lipinski definition) is 1. The molecule has 3 rings (SSSR count). The summed E-state index contributed by atoms with van der Waals surface area (Å²) in [7, 11) is 1.33. The third kappa shape index (κ3) is 4.42. The molecule has 3 aromatic rings. The molecule has 0 atom stereocenters. The Kier molecular flexibility index (Phi) is 5.90. The van der Waals surface area contributed by atoms with Gasteiger partial charge in [-0.3, -0.25) is 4.79 Å². The number of thioether (sulfide) groups is 1. The largest absolute Gasteiger partial charge is 0.465 e. The molecule has 0 saturated heterocycles. The number of para-hydroxylation sites is 1.